The molecule has 4 aromatic rings. The molecule has 2 aromatic carbocycles. The zero-order valence-corrected chi connectivity index (χ0v) is 21.2. The molecule has 0 aliphatic carbocycles. The van der Waals surface area contributed by atoms with Gasteiger partial charge in [-0.15, -0.1) is 0 Å². The molecule has 0 saturated heterocycles. The summed E-state index contributed by atoms with van der Waals surface area (Å²) in [5.74, 6) is -1.69. The number of aliphatic hydroxyl groups is 2. The molecule has 0 aliphatic rings. The molecule has 0 saturated carbocycles. The number of aromatic nitrogens is 4. The second-order valence-electron chi connectivity index (χ2n) is 10.1. The number of carbonyl (C=O) groups excluding carboxylic acids is 1. The fourth-order valence-corrected chi connectivity index (χ4v) is 4.38. The highest BCUT2D eigenvalue weighted by atomic mass is 19.1. The Bertz CT molecular complexity index is 1390. The number of nitrogens with one attached hydrogen (secondary N) is 2. The van der Waals surface area contributed by atoms with Gasteiger partial charge in [0.15, 0.2) is 0 Å². The van der Waals surface area contributed by atoms with Crippen molar-refractivity contribution in [2.75, 3.05) is 0 Å². The van der Waals surface area contributed by atoms with Crippen LogP contribution in [0.4, 0.5) is 8.78 Å². The van der Waals surface area contributed by atoms with Crippen molar-refractivity contribution in [1.82, 2.24) is 25.3 Å². The van der Waals surface area contributed by atoms with Crippen molar-refractivity contribution in [3.05, 3.63) is 89.8 Å². The van der Waals surface area contributed by atoms with E-state index >= 15 is 0 Å². The second-order valence-corrected chi connectivity index (χ2v) is 10.1. The van der Waals surface area contributed by atoms with Gasteiger partial charge in [-0.05, 0) is 69.4 Å². The van der Waals surface area contributed by atoms with Crippen LogP contribution in [0.1, 0.15) is 60.9 Å². The maximum Gasteiger partial charge on any atom is 0.271 e. The molecule has 0 unspecified atom stereocenters. The number of aromatic amines is 1. The zero-order valence-electron chi connectivity index (χ0n) is 21.2. The van der Waals surface area contributed by atoms with E-state index < -0.39 is 41.3 Å². The minimum Gasteiger partial charge on any atom is -0.391 e. The van der Waals surface area contributed by atoms with E-state index in [4.69, 9.17) is 0 Å². The van der Waals surface area contributed by atoms with E-state index in [0.29, 0.717) is 35.3 Å². The lowest BCUT2D eigenvalue weighted by molar-refractivity contribution is 0.0593. The molecule has 4 N–H and O–H groups in total. The lowest BCUT2D eigenvalue weighted by Crippen LogP contribution is -2.45. The minimum absolute atomic E-state index is 0.0758. The van der Waals surface area contributed by atoms with Crippen LogP contribution >= 0.6 is 0 Å². The fourth-order valence-electron chi connectivity index (χ4n) is 4.38. The fraction of sp³-hybridized carbons (Fsp3) is 0.357. The van der Waals surface area contributed by atoms with E-state index in [9.17, 15) is 23.8 Å². The van der Waals surface area contributed by atoms with Gasteiger partial charge in [0.05, 0.1) is 41.2 Å². The van der Waals surface area contributed by atoms with Crippen LogP contribution in [0.15, 0.2) is 60.9 Å². The van der Waals surface area contributed by atoms with Crippen molar-refractivity contribution in [2.24, 2.45) is 0 Å². The Morgan fingerprint density at radius 3 is 2.53 bits per heavy atom. The molecule has 4 rings (SSSR count). The van der Waals surface area contributed by atoms with Crippen molar-refractivity contribution in [3.63, 3.8) is 0 Å². The normalized spacial score (nSPS) is 14.3. The largest absolute Gasteiger partial charge is 0.391 e. The summed E-state index contributed by atoms with van der Waals surface area (Å²) in [6, 6.07) is 12.2. The summed E-state index contributed by atoms with van der Waals surface area (Å²) in [6.45, 7) is 3.33. The Kier molecular flexibility index (Phi) is 8.43. The van der Waals surface area contributed by atoms with Gasteiger partial charge in [0.2, 0.25) is 5.95 Å². The quantitative estimate of drug-likeness (QED) is 0.235. The molecule has 1 amide bonds. The number of hydrogen-bond donors (Lipinski definition) is 4. The van der Waals surface area contributed by atoms with Gasteiger partial charge in [-0.1, -0.05) is 24.3 Å². The monoisotopic (exact) mass is 523 g/mol. The van der Waals surface area contributed by atoms with E-state index in [0.717, 1.165) is 6.20 Å². The molecule has 0 radical (unpaired) electrons. The smallest absolute Gasteiger partial charge is 0.271 e. The molecular weight excluding hydrogens is 492 g/mol. The number of para-hydroxylation sites is 2. The number of nitrogens with zero attached hydrogens (tertiary/aromatic N) is 3. The summed E-state index contributed by atoms with van der Waals surface area (Å²) in [7, 11) is 0. The van der Waals surface area contributed by atoms with Crippen LogP contribution in [0.3, 0.4) is 0 Å². The van der Waals surface area contributed by atoms with Crippen molar-refractivity contribution >= 4 is 16.9 Å². The first-order chi connectivity index (χ1) is 18.1. The maximum absolute atomic E-state index is 13.9. The van der Waals surface area contributed by atoms with E-state index in [2.05, 4.69) is 25.3 Å². The Balaban J connectivity index is 1.58. The molecule has 0 aliphatic heterocycles. The summed E-state index contributed by atoms with van der Waals surface area (Å²) in [6.07, 6.45) is 2.33. The lowest BCUT2D eigenvalue weighted by atomic mass is 9.87. The average Bonchev–Trinajstić information content (AvgIpc) is 3.31. The van der Waals surface area contributed by atoms with Gasteiger partial charge in [-0.3, -0.25) is 9.78 Å². The van der Waals surface area contributed by atoms with Gasteiger partial charge in [0.1, 0.15) is 17.3 Å². The van der Waals surface area contributed by atoms with Crippen molar-refractivity contribution in [2.45, 2.75) is 63.2 Å². The van der Waals surface area contributed by atoms with Crippen LogP contribution < -0.4 is 5.32 Å². The predicted molar refractivity (Wildman–Crippen MR) is 138 cm³/mol. The third-order valence-corrected chi connectivity index (χ3v) is 6.39. The first-order valence-electron chi connectivity index (χ1n) is 12.5. The second kappa shape index (κ2) is 11.7. The molecule has 10 heteroatoms. The summed E-state index contributed by atoms with van der Waals surface area (Å²) in [4.78, 5) is 28.5. The average molecular weight is 524 g/mol. The van der Waals surface area contributed by atoms with E-state index in [-0.39, 0.29) is 18.5 Å². The number of imidazole rings is 1. The highest BCUT2D eigenvalue weighted by Gasteiger charge is 2.29. The number of hydrogen-bond acceptors (Lipinski definition) is 6. The Labute approximate surface area is 219 Å². The van der Waals surface area contributed by atoms with Gasteiger partial charge in [0, 0.05) is 5.92 Å². The van der Waals surface area contributed by atoms with Gasteiger partial charge >= 0.3 is 0 Å². The van der Waals surface area contributed by atoms with Gasteiger partial charge < -0.3 is 20.5 Å². The van der Waals surface area contributed by atoms with Crippen molar-refractivity contribution in [1.29, 1.82) is 0 Å². The predicted octanol–water partition coefficient (Wildman–Crippen LogP) is 4.06. The Morgan fingerprint density at radius 2 is 1.84 bits per heavy atom. The summed E-state index contributed by atoms with van der Waals surface area (Å²) >= 11 is 0. The first-order valence-corrected chi connectivity index (χ1v) is 12.5. The van der Waals surface area contributed by atoms with Crippen LogP contribution in [-0.2, 0) is 6.42 Å². The number of rotatable bonds is 11. The van der Waals surface area contributed by atoms with Crippen molar-refractivity contribution in [3.8, 4) is 0 Å². The third kappa shape index (κ3) is 7.39. The van der Waals surface area contributed by atoms with E-state index in [1.54, 1.807) is 44.2 Å². The maximum atomic E-state index is 13.9. The van der Waals surface area contributed by atoms with Crippen LogP contribution in [0.5, 0.6) is 0 Å². The van der Waals surface area contributed by atoms with Gasteiger partial charge in [-0.2, -0.15) is 4.39 Å². The SMILES string of the molecule is CC(C)(O)CC[C@@H](C[C@H](O)[C@H](Cc1cccc(F)c1)NC(=O)c1cnc2ccccc2n1)c1ncc(F)[nH]1. The Hall–Kier alpha value is -3.76. The standard InChI is InChI=1S/C28H31F2N5O3/c1-28(2,38)11-10-18(26-32-16-25(30)35-26)14-24(36)22(13-17-6-5-7-19(29)12-17)34-27(37)23-15-31-20-8-3-4-9-21(20)33-23/h3-9,12,15-16,18,22,24,36,38H,10-11,13-14H2,1-2H3,(H,32,35)(H,34,37)/t18-,22-,24-/m0/s1. The van der Waals surface area contributed by atoms with Gasteiger partial charge in [0.25, 0.3) is 5.91 Å². The van der Waals surface area contributed by atoms with Crippen LogP contribution in [0.25, 0.3) is 11.0 Å². The molecule has 0 bridgehead atoms. The highest BCUT2D eigenvalue weighted by molar-refractivity contribution is 5.94. The molecule has 0 fully saturated rings. The third-order valence-electron chi connectivity index (χ3n) is 6.39. The number of benzene rings is 2. The summed E-state index contributed by atoms with van der Waals surface area (Å²) in [5.41, 5.74) is 0.871. The molecule has 38 heavy (non-hydrogen) atoms. The van der Waals surface area contributed by atoms with Crippen LogP contribution in [0, 0.1) is 11.8 Å². The molecule has 200 valence electrons. The van der Waals surface area contributed by atoms with Crippen molar-refractivity contribution < 1.29 is 23.8 Å². The Morgan fingerprint density at radius 1 is 1.08 bits per heavy atom. The topological polar surface area (TPSA) is 124 Å². The number of amides is 1. The molecule has 2 heterocycles. The zero-order chi connectivity index (χ0) is 27.3. The minimum atomic E-state index is -1.12. The first kappa shape index (κ1) is 27.3. The molecule has 2 aromatic heterocycles. The molecular formula is C28H31F2N5O3. The summed E-state index contributed by atoms with van der Waals surface area (Å²) < 4.78 is 27.6. The van der Waals surface area contributed by atoms with Gasteiger partial charge in [-0.25, -0.2) is 14.4 Å². The number of H-pyrrole nitrogens is 1. The summed E-state index contributed by atoms with van der Waals surface area (Å²) in [5, 5.41) is 24.4. The number of carbonyl (C=O) groups is 1. The molecule has 3 atom stereocenters. The number of fused-ring (bicyclic) bond motifs is 1. The van der Waals surface area contributed by atoms with Crippen LogP contribution in [0.2, 0.25) is 0 Å². The molecule has 8 nitrogen and oxygen atoms in total. The highest BCUT2D eigenvalue weighted by Crippen LogP contribution is 2.29. The molecule has 0 spiro atoms. The van der Waals surface area contributed by atoms with Crippen LogP contribution in [-0.4, -0.2) is 53.8 Å². The lowest BCUT2D eigenvalue weighted by Gasteiger charge is -2.28. The van der Waals surface area contributed by atoms with E-state index in [1.165, 1.54) is 18.3 Å². The van der Waals surface area contributed by atoms with E-state index in [1.807, 2.05) is 6.07 Å². The number of aliphatic hydroxyl groups excluding tert-OH is 1. The number of halogens is 2.